The van der Waals surface area contributed by atoms with Crippen LogP contribution in [0.25, 0.3) is 0 Å². The topological polar surface area (TPSA) is 180 Å². The van der Waals surface area contributed by atoms with Crippen molar-refractivity contribution in [2.45, 2.75) is 37.4 Å². The van der Waals surface area contributed by atoms with E-state index in [1.54, 1.807) is 54.6 Å². The van der Waals surface area contributed by atoms with Crippen molar-refractivity contribution in [2.24, 2.45) is 5.73 Å². The minimum Gasteiger partial charge on any atom is -0.480 e. The number of carbonyl (C=O) groups is 5. The number of rotatable bonds is 15. The Hall–Kier alpha value is -5.03. The highest BCUT2D eigenvalue weighted by atomic mass is 16.4. The molecule has 11 heteroatoms. The zero-order chi connectivity index (χ0) is 30.3. The summed E-state index contributed by atoms with van der Waals surface area (Å²) in [7, 11) is 0. The van der Waals surface area contributed by atoms with Crippen LogP contribution in [0.3, 0.4) is 0 Å². The molecule has 4 amide bonds. The molecule has 3 atom stereocenters. The summed E-state index contributed by atoms with van der Waals surface area (Å²) in [6, 6.07) is 23.9. The highest BCUT2D eigenvalue weighted by Gasteiger charge is 2.24. The van der Waals surface area contributed by atoms with Crippen molar-refractivity contribution in [1.29, 1.82) is 0 Å². The van der Waals surface area contributed by atoms with Crippen LogP contribution in [-0.4, -0.2) is 65.9 Å². The average Bonchev–Trinajstić information content (AvgIpc) is 2.99. The fraction of sp³-hybridized carbons (Fsp3) is 0.258. The van der Waals surface area contributed by atoms with E-state index in [9.17, 15) is 29.1 Å². The average molecular weight is 574 g/mol. The van der Waals surface area contributed by atoms with E-state index in [1.165, 1.54) is 0 Å². The first-order valence-electron chi connectivity index (χ1n) is 13.5. The smallest absolute Gasteiger partial charge is 0.326 e. The lowest BCUT2D eigenvalue weighted by atomic mass is 10.0. The Morgan fingerprint density at radius 3 is 1.40 bits per heavy atom. The quantitative estimate of drug-likeness (QED) is 0.152. The summed E-state index contributed by atoms with van der Waals surface area (Å²) in [5.41, 5.74) is 8.33. The second-order valence-electron chi connectivity index (χ2n) is 9.69. The van der Waals surface area contributed by atoms with Crippen molar-refractivity contribution < 1.29 is 29.1 Å². The number of carboxylic acids is 1. The zero-order valence-electron chi connectivity index (χ0n) is 23.0. The highest BCUT2D eigenvalue weighted by Crippen LogP contribution is 2.06. The molecule has 0 aliphatic heterocycles. The number of hydrogen-bond acceptors (Lipinski definition) is 6. The summed E-state index contributed by atoms with van der Waals surface area (Å²) in [4.78, 5) is 62.3. The van der Waals surface area contributed by atoms with Gasteiger partial charge in [-0.3, -0.25) is 19.2 Å². The van der Waals surface area contributed by atoms with E-state index >= 15 is 0 Å². The molecule has 0 aromatic heterocycles. The van der Waals surface area contributed by atoms with Crippen LogP contribution in [0.5, 0.6) is 0 Å². The molecule has 3 aromatic carbocycles. The van der Waals surface area contributed by atoms with Gasteiger partial charge in [-0.2, -0.15) is 0 Å². The van der Waals surface area contributed by atoms with Crippen LogP contribution < -0.4 is 27.0 Å². The maximum atomic E-state index is 13.0. The van der Waals surface area contributed by atoms with Gasteiger partial charge in [-0.1, -0.05) is 91.0 Å². The standard InChI is InChI=1S/C31H35N5O6/c32-24(16-21-10-4-1-5-11-21)29(39)33-19-27(37)35-25(17-22-12-6-2-7-13-22)30(40)34-20-28(38)36-26(31(41)42)18-23-14-8-3-9-15-23/h1-15,24-26H,16-20,32H2,(H,33,39)(H,34,40)(H,35,37)(H,36,38)(H,41,42)/t24-,25-,26-/m0/s1. The first-order chi connectivity index (χ1) is 20.2. The van der Waals surface area contributed by atoms with Gasteiger partial charge in [0.25, 0.3) is 0 Å². The molecule has 0 unspecified atom stereocenters. The van der Waals surface area contributed by atoms with E-state index in [4.69, 9.17) is 5.73 Å². The van der Waals surface area contributed by atoms with Gasteiger partial charge >= 0.3 is 5.97 Å². The number of carboxylic acid groups (broad SMARTS) is 1. The molecular formula is C31H35N5O6. The summed E-state index contributed by atoms with van der Waals surface area (Å²) in [6.45, 7) is -0.899. The Kier molecular flexibility index (Phi) is 12.2. The van der Waals surface area contributed by atoms with Gasteiger partial charge < -0.3 is 32.1 Å². The molecular weight excluding hydrogens is 538 g/mol. The minimum absolute atomic E-state index is 0.0727. The molecule has 0 heterocycles. The number of amides is 4. The Labute approximate surface area is 243 Å². The third kappa shape index (κ3) is 10.9. The molecule has 11 nitrogen and oxygen atoms in total. The molecule has 0 saturated carbocycles. The first kappa shape index (κ1) is 31.5. The molecule has 0 aliphatic rings. The minimum atomic E-state index is -1.21. The van der Waals surface area contributed by atoms with Gasteiger partial charge in [-0.25, -0.2) is 4.79 Å². The van der Waals surface area contributed by atoms with Gasteiger partial charge in [-0.15, -0.1) is 0 Å². The monoisotopic (exact) mass is 573 g/mol. The van der Waals surface area contributed by atoms with Gasteiger partial charge in [0.15, 0.2) is 0 Å². The summed E-state index contributed by atoms with van der Waals surface area (Å²) >= 11 is 0. The molecule has 220 valence electrons. The molecule has 7 N–H and O–H groups in total. The molecule has 0 saturated heterocycles. The van der Waals surface area contributed by atoms with Crippen molar-refractivity contribution in [3.63, 3.8) is 0 Å². The Morgan fingerprint density at radius 2 is 0.952 bits per heavy atom. The largest absolute Gasteiger partial charge is 0.480 e. The molecule has 3 aromatic rings. The van der Waals surface area contributed by atoms with Crippen LogP contribution in [0.2, 0.25) is 0 Å². The van der Waals surface area contributed by atoms with Gasteiger partial charge in [0.2, 0.25) is 23.6 Å². The van der Waals surface area contributed by atoms with Crippen molar-refractivity contribution in [2.75, 3.05) is 13.1 Å². The van der Waals surface area contributed by atoms with Crippen LogP contribution in [-0.2, 0) is 43.2 Å². The van der Waals surface area contributed by atoms with Crippen molar-refractivity contribution >= 4 is 29.6 Å². The lowest BCUT2D eigenvalue weighted by Gasteiger charge is -2.20. The summed E-state index contributed by atoms with van der Waals surface area (Å²) < 4.78 is 0. The third-order valence-electron chi connectivity index (χ3n) is 6.33. The van der Waals surface area contributed by atoms with Crippen LogP contribution >= 0.6 is 0 Å². The van der Waals surface area contributed by atoms with Crippen LogP contribution in [0.15, 0.2) is 91.0 Å². The van der Waals surface area contributed by atoms with Gasteiger partial charge in [0.1, 0.15) is 12.1 Å². The van der Waals surface area contributed by atoms with Crippen LogP contribution in [0.1, 0.15) is 16.7 Å². The Bertz CT molecular complexity index is 1340. The predicted octanol–water partition coefficient (Wildman–Crippen LogP) is 0.328. The van der Waals surface area contributed by atoms with Crippen molar-refractivity contribution in [3.8, 4) is 0 Å². The number of nitrogens with two attached hydrogens (primary N) is 1. The number of nitrogens with one attached hydrogen (secondary N) is 4. The zero-order valence-corrected chi connectivity index (χ0v) is 23.0. The number of carbonyl (C=O) groups excluding carboxylic acids is 4. The Balaban J connectivity index is 1.54. The molecule has 0 bridgehead atoms. The maximum absolute atomic E-state index is 13.0. The lowest BCUT2D eigenvalue weighted by Crippen LogP contribution is -2.53. The van der Waals surface area contributed by atoms with Crippen LogP contribution in [0, 0.1) is 0 Å². The van der Waals surface area contributed by atoms with E-state index in [0.717, 1.165) is 16.7 Å². The fourth-order valence-electron chi connectivity index (χ4n) is 4.15. The molecule has 42 heavy (non-hydrogen) atoms. The normalized spacial score (nSPS) is 12.7. The first-order valence-corrected chi connectivity index (χ1v) is 13.5. The van der Waals surface area contributed by atoms with E-state index in [0.29, 0.717) is 6.42 Å². The maximum Gasteiger partial charge on any atom is 0.326 e. The molecule has 0 aliphatic carbocycles. The van der Waals surface area contributed by atoms with Gasteiger partial charge in [-0.05, 0) is 23.1 Å². The molecule has 0 radical (unpaired) electrons. The van der Waals surface area contributed by atoms with Crippen LogP contribution in [0.4, 0.5) is 0 Å². The SMILES string of the molecule is N[C@@H](Cc1ccccc1)C(=O)NCC(=O)N[C@@H](Cc1ccccc1)C(=O)NCC(=O)N[C@@H](Cc1ccccc1)C(=O)O. The number of hydrogen-bond donors (Lipinski definition) is 6. The second kappa shape index (κ2) is 16.3. The number of benzene rings is 3. The predicted molar refractivity (Wildman–Crippen MR) is 156 cm³/mol. The summed E-state index contributed by atoms with van der Waals surface area (Å²) in [5, 5.41) is 19.5. The highest BCUT2D eigenvalue weighted by molar-refractivity contribution is 5.93. The molecule has 3 rings (SSSR count). The molecule has 0 spiro atoms. The van der Waals surface area contributed by atoms with Gasteiger partial charge in [0.05, 0.1) is 19.1 Å². The summed E-state index contributed by atoms with van der Waals surface area (Å²) in [5.74, 6) is -3.69. The fourth-order valence-corrected chi connectivity index (χ4v) is 4.15. The van der Waals surface area contributed by atoms with E-state index in [-0.39, 0.29) is 12.8 Å². The van der Waals surface area contributed by atoms with Gasteiger partial charge in [0, 0.05) is 12.8 Å². The van der Waals surface area contributed by atoms with E-state index in [1.807, 2.05) is 36.4 Å². The number of aliphatic carboxylic acids is 1. The summed E-state index contributed by atoms with van der Waals surface area (Å²) in [6.07, 6.45) is 0.486. The third-order valence-corrected chi connectivity index (χ3v) is 6.33. The van der Waals surface area contributed by atoms with Crippen molar-refractivity contribution in [3.05, 3.63) is 108 Å². The second-order valence-corrected chi connectivity index (χ2v) is 9.69. The van der Waals surface area contributed by atoms with Crippen molar-refractivity contribution in [1.82, 2.24) is 21.3 Å². The van der Waals surface area contributed by atoms with E-state index < -0.39 is 60.8 Å². The lowest BCUT2D eigenvalue weighted by molar-refractivity contribution is -0.141. The Morgan fingerprint density at radius 1 is 0.571 bits per heavy atom. The molecule has 0 fully saturated rings. The van der Waals surface area contributed by atoms with E-state index in [2.05, 4.69) is 21.3 Å².